The minimum atomic E-state index is 0. The molecule has 0 spiro atoms. The van der Waals surface area contributed by atoms with Crippen LogP contribution in [0, 0.1) is 6.92 Å². The molecule has 0 amide bonds. The lowest BCUT2D eigenvalue weighted by molar-refractivity contribution is 0.446. The Morgan fingerprint density at radius 2 is 2.25 bits per heavy atom. The zero-order chi connectivity index (χ0) is 7.68. The van der Waals surface area contributed by atoms with Crippen molar-refractivity contribution >= 4 is 12.4 Å². The average Bonchev–Trinajstić information content (AvgIpc) is 1.90. The average molecular weight is 185 g/mol. The van der Waals surface area contributed by atoms with Gasteiger partial charge in [0.1, 0.15) is 0 Å². The zero-order valence-corrected chi connectivity index (χ0v) is 7.90. The highest BCUT2D eigenvalue weighted by molar-refractivity contribution is 5.85. The molecule has 12 heavy (non-hydrogen) atoms. The summed E-state index contributed by atoms with van der Waals surface area (Å²) in [5.41, 5.74) is 2.78. The van der Waals surface area contributed by atoms with Gasteiger partial charge in [-0.05, 0) is 24.1 Å². The van der Waals surface area contributed by atoms with Gasteiger partial charge in [0.05, 0.1) is 0 Å². The molecule has 1 aliphatic heterocycles. The van der Waals surface area contributed by atoms with E-state index in [1.54, 1.807) is 0 Å². The van der Waals surface area contributed by atoms with E-state index in [9.17, 15) is 0 Å². The molecule has 0 atom stereocenters. The van der Waals surface area contributed by atoms with Gasteiger partial charge in [-0.1, -0.05) is 0 Å². The maximum Gasteiger partial charge on any atom is 0.0306 e. The number of aryl methyl sites for hydroxylation is 1. The van der Waals surface area contributed by atoms with Crippen LogP contribution in [0.15, 0.2) is 18.5 Å². The quantitative estimate of drug-likeness (QED) is 0.716. The van der Waals surface area contributed by atoms with Crippen LogP contribution >= 0.6 is 12.4 Å². The number of nitrogens with one attached hydrogen (secondary N) is 1. The van der Waals surface area contributed by atoms with Crippen LogP contribution in [0.5, 0.6) is 0 Å². The van der Waals surface area contributed by atoms with E-state index in [1.165, 1.54) is 11.1 Å². The lowest BCUT2D eigenvalue weighted by Gasteiger charge is -2.28. The third kappa shape index (κ3) is 1.59. The molecule has 2 rings (SSSR count). The molecule has 0 aliphatic carbocycles. The fourth-order valence-corrected chi connectivity index (χ4v) is 1.41. The Bertz CT molecular complexity index is 258. The molecule has 0 aromatic carbocycles. The van der Waals surface area contributed by atoms with Crippen molar-refractivity contribution in [2.24, 2.45) is 0 Å². The van der Waals surface area contributed by atoms with Crippen molar-refractivity contribution in [1.82, 2.24) is 10.3 Å². The smallest absolute Gasteiger partial charge is 0.0306 e. The van der Waals surface area contributed by atoms with Crippen LogP contribution < -0.4 is 5.32 Å². The molecule has 1 saturated heterocycles. The van der Waals surface area contributed by atoms with Gasteiger partial charge >= 0.3 is 0 Å². The molecule has 2 nitrogen and oxygen atoms in total. The predicted molar refractivity (Wildman–Crippen MR) is 51.8 cm³/mol. The normalized spacial score (nSPS) is 16.4. The lowest BCUT2D eigenvalue weighted by atomic mass is 9.92. The fourth-order valence-electron chi connectivity index (χ4n) is 1.41. The Morgan fingerprint density at radius 1 is 1.50 bits per heavy atom. The highest BCUT2D eigenvalue weighted by atomic mass is 35.5. The Balaban J connectivity index is 0.000000720. The first-order valence-corrected chi connectivity index (χ1v) is 3.99. The van der Waals surface area contributed by atoms with Gasteiger partial charge in [-0.25, -0.2) is 0 Å². The van der Waals surface area contributed by atoms with Crippen LogP contribution in [0.1, 0.15) is 17.0 Å². The number of pyridine rings is 1. The number of halogens is 1. The summed E-state index contributed by atoms with van der Waals surface area (Å²) in [6.45, 7) is 4.38. The Hall–Kier alpha value is -0.600. The molecule has 1 aromatic rings. The molecule has 3 heteroatoms. The van der Waals surface area contributed by atoms with Gasteiger partial charge in [-0.3, -0.25) is 4.98 Å². The van der Waals surface area contributed by atoms with E-state index < -0.39 is 0 Å². The minimum Gasteiger partial charge on any atom is -0.315 e. The number of aromatic nitrogens is 1. The molecule has 66 valence electrons. The van der Waals surface area contributed by atoms with Crippen molar-refractivity contribution in [2.45, 2.75) is 12.8 Å². The highest BCUT2D eigenvalue weighted by Gasteiger charge is 2.19. The van der Waals surface area contributed by atoms with E-state index in [2.05, 4.69) is 23.3 Å². The minimum absolute atomic E-state index is 0. The van der Waals surface area contributed by atoms with Crippen molar-refractivity contribution in [2.75, 3.05) is 13.1 Å². The van der Waals surface area contributed by atoms with Crippen LogP contribution in [0.4, 0.5) is 0 Å². The zero-order valence-electron chi connectivity index (χ0n) is 7.08. The first-order valence-electron chi connectivity index (χ1n) is 3.99. The maximum absolute atomic E-state index is 4.12. The number of rotatable bonds is 1. The van der Waals surface area contributed by atoms with E-state index in [0.29, 0.717) is 5.92 Å². The number of nitrogens with zero attached hydrogens (tertiary/aromatic N) is 1. The predicted octanol–water partition coefficient (Wildman–Crippen LogP) is 1.50. The molecule has 1 aromatic heterocycles. The summed E-state index contributed by atoms with van der Waals surface area (Å²) in [6.07, 6.45) is 3.84. The van der Waals surface area contributed by atoms with Crippen molar-refractivity contribution in [3.8, 4) is 0 Å². The van der Waals surface area contributed by atoms with Crippen LogP contribution in [-0.2, 0) is 0 Å². The van der Waals surface area contributed by atoms with Crippen LogP contribution in [0.25, 0.3) is 0 Å². The van der Waals surface area contributed by atoms with Crippen LogP contribution in [0.2, 0.25) is 0 Å². The molecule has 0 saturated carbocycles. The van der Waals surface area contributed by atoms with Gasteiger partial charge in [-0.15, -0.1) is 12.4 Å². The molecule has 0 radical (unpaired) electrons. The van der Waals surface area contributed by atoms with E-state index in [-0.39, 0.29) is 12.4 Å². The molecule has 0 unspecified atom stereocenters. The highest BCUT2D eigenvalue weighted by Crippen LogP contribution is 2.21. The lowest BCUT2D eigenvalue weighted by Crippen LogP contribution is -2.40. The topological polar surface area (TPSA) is 24.9 Å². The summed E-state index contributed by atoms with van der Waals surface area (Å²) in [4.78, 5) is 4.12. The Morgan fingerprint density at radius 3 is 2.75 bits per heavy atom. The van der Waals surface area contributed by atoms with Gasteiger partial charge in [0.25, 0.3) is 0 Å². The van der Waals surface area contributed by atoms with Gasteiger partial charge in [0.15, 0.2) is 0 Å². The van der Waals surface area contributed by atoms with Gasteiger partial charge in [0, 0.05) is 31.4 Å². The van der Waals surface area contributed by atoms with Gasteiger partial charge < -0.3 is 5.32 Å². The third-order valence-electron chi connectivity index (χ3n) is 2.30. The van der Waals surface area contributed by atoms with Crippen LogP contribution in [0.3, 0.4) is 0 Å². The second kappa shape index (κ2) is 3.87. The molecule has 2 heterocycles. The summed E-state index contributed by atoms with van der Waals surface area (Å²) in [7, 11) is 0. The third-order valence-corrected chi connectivity index (χ3v) is 2.30. The van der Waals surface area contributed by atoms with Crippen LogP contribution in [-0.4, -0.2) is 18.1 Å². The summed E-state index contributed by atoms with van der Waals surface area (Å²) in [6, 6.07) is 2.08. The molecule has 1 fully saturated rings. The van der Waals surface area contributed by atoms with Gasteiger partial charge in [-0.2, -0.15) is 0 Å². The number of hydrogen-bond donors (Lipinski definition) is 1. The first-order chi connectivity index (χ1) is 5.38. The van der Waals surface area contributed by atoms with E-state index >= 15 is 0 Å². The summed E-state index contributed by atoms with van der Waals surface area (Å²) in [5, 5.41) is 3.26. The SMILES string of the molecule is Cc1ccncc1C1CNC1.Cl. The summed E-state index contributed by atoms with van der Waals surface area (Å²) in [5.74, 6) is 0.712. The van der Waals surface area contributed by atoms with E-state index in [4.69, 9.17) is 0 Å². The van der Waals surface area contributed by atoms with Gasteiger partial charge in [0.2, 0.25) is 0 Å². The van der Waals surface area contributed by atoms with Crippen molar-refractivity contribution in [1.29, 1.82) is 0 Å². The first kappa shape index (κ1) is 9.49. The standard InChI is InChI=1S/C9H12N2.ClH/c1-7-2-3-10-6-9(7)8-4-11-5-8;/h2-3,6,8,11H,4-5H2,1H3;1H. The summed E-state index contributed by atoms with van der Waals surface area (Å²) < 4.78 is 0. The molecule has 0 bridgehead atoms. The van der Waals surface area contributed by atoms with E-state index in [1.807, 2.05) is 12.4 Å². The largest absolute Gasteiger partial charge is 0.315 e. The van der Waals surface area contributed by atoms with E-state index in [0.717, 1.165) is 13.1 Å². The number of hydrogen-bond acceptors (Lipinski definition) is 2. The van der Waals surface area contributed by atoms with Crippen molar-refractivity contribution in [3.05, 3.63) is 29.6 Å². The fraction of sp³-hybridized carbons (Fsp3) is 0.444. The molecule has 1 aliphatic rings. The maximum atomic E-state index is 4.12. The molecular weight excluding hydrogens is 172 g/mol. The Labute approximate surface area is 78.8 Å². The second-order valence-electron chi connectivity index (χ2n) is 3.09. The summed E-state index contributed by atoms with van der Waals surface area (Å²) >= 11 is 0. The van der Waals surface area contributed by atoms with Crippen molar-refractivity contribution in [3.63, 3.8) is 0 Å². The molecule has 1 N–H and O–H groups in total. The van der Waals surface area contributed by atoms with Crippen molar-refractivity contribution < 1.29 is 0 Å². The Kier molecular flexibility index (Phi) is 3.06. The monoisotopic (exact) mass is 184 g/mol. The second-order valence-corrected chi connectivity index (χ2v) is 3.09. The molecular formula is C9H13ClN2.